The molecule has 0 saturated carbocycles. The van der Waals surface area contributed by atoms with Gasteiger partial charge in [0.2, 0.25) is 17.7 Å². The third-order valence-corrected chi connectivity index (χ3v) is 2.84. The number of hydrogen-bond donors (Lipinski definition) is 3. The molecule has 0 aromatic carbocycles. The molecule has 1 aliphatic rings. The zero-order chi connectivity index (χ0) is 12.3. The van der Waals surface area contributed by atoms with Crippen LogP contribution in [0.25, 0.3) is 0 Å². The maximum atomic E-state index is 11.6. The zero-order valence-electron chi connectivity index (χ0n) is 9.45. The molecule has 0 bridgehead atoms. The van der Waals surface area contributed by atoms with Gasteiger partial charge in [-0.1, -0.05) is 20.3 Å². The van der Waals surface area contributed by atoms with Gasteiger partial charge in [0.1, 0.15) is 6.04 Å². The van der Waals surface area contributed by atoms with E-state index in [1.54, 1.807) is 0 Å². The lowest BCUT2D eigenvalue weighted by molar-refractivity contribution is -0.129. The number of amides is 3. The largest absolute Gasteiger partial charge is 0.342 e. The minimum atomic E-state index is -0.768. The van der Waals surface area contributed by atoms with Crippen molar-refractivity contribution in [2.45, 2.75) is 38.8 Å². The molecule has 3 atom stereocenters. The first kappa shape index (κ1) is 12.6. The fraction of sp³-hybridized carbons (Fsp3) is 0.700. The van der Waals surface area contributed by atoms with E-state index in [0.29, 0.717) is 0 Å². The zero-order valence-corrected chi connectivity index (χ0v) is 9.45. The van der Waals surface area contributed by atoms with E-state index < -0.39 is 18.0 Å². The lowest BCUT2D eigenvalue weighted by atomic mass is 9.99. The van der Waals surface area contributed by atoms with E-state index >= 15 is 0 Å². The van der Waals surface area contributed by atoms with Crippen molar-refractivity contribution >= 4 is 17.7 Å². The summed E-state index contributed by atoms with van der Waals surface area (Å²) in [7, 11) is 0. The molecular weight excluding hydrogens is 210 g/mol. The van der Waals surface area contributed by atoms with Crippen molar-refractivity contribution in [1.82, 2.24) is 10.6 Å². The SMILES string of the molecule is CCC(C)[C@H](N)C(=O)NC1CC(=O)NC1=O. The molecule has 2 unspecified atom stereocenters. The first-order valence-corrected chi connectivity index (χ1v) is 5.35. The van der Waals surface area contributed by atoms with Crippen LogP contribution in [0.5, 0.6) is 0 Å². The first-order valence-electron chi connectivity index (χ1n) is 5.35. The number of rotatable bonds is 4. The summed E-state index contributed by atoms with van der Waals surface area (Å²) in [4.78, 5) is 33.7. The van der Waals surface area contributed by atoms with Gasteiger partial charge in [0, 0.05) is 0 Å². The van der Waals surface area contributed by atoms with Gasteiger partial charge in [0.25, 0.3) is 0 Å². The Labute approximate surface area is 93.9 Å². The van der Waals surface area contributed by atoms with E-state index in [1.165, 1.54) is 0 Å². The van der Waals surface area contributed by atoms with E-state index in [4.69, 9.17) is 5.73 Å². The molecule has 1 fully saturated rings. The number of carbonyl (C=O) groups is 3. The van der Waals surface area contributed by atoms with Crippen LogP contribution in [0.3, 0.4) is 0 Å². The highest BCUT2D eigenvalue weighted by atomic mass is 16.2. The van der Waals surface area contributed by atoms with Crippen LogP contribution < -0.4 is 16.4 Å². The Morgan fingerprint density at radius 1 is 1.62 bits per heavy atom. The summed E-state index contributed by atoms with van der Waals surface area (Å²) >= 11 is 0. The second-order valence-corrected chi connectivity index (χ2v) is 4.09. The van der Waals surface area contributed by atoms with Gasteiger partial charge < -0.3 is 11.1 Å². The van der Waals surface area contributed by atoms with Gasteiger partial charge >= 0.3 is 0 Å². The van der Waals surface area contributed by atoms with Crippen molar-refractivity contribution in [2.24, 2.45) is 11.7 Å². The quantitative estimate of drug-likeness (QED) is 0.530. The van der Waals surface area contributed by atoms with Crippen molar-refractivity contribution in [3.63, 3.8) is 0 Å². The molecule has 1 rings (SSSR count). The molecule has 1 saturated heterocycles. The van der Waals surface area contributed by atoms with E-state index in [-0.39, 0.29) is 24.2 Å². The molecule has 0 spiro atoms. The number of carbonyl (C=O) groups excluding carboxylic acids is 3. The van der Waals surface area contributed by atoms with Crippen molar-refractivity contribution in [3.05, 3.63) is 0 Å². The Morgan fingerprint density at radius 2 is 2.25 bits per heavy atom. The monoisotopic (exact) mass is 227 g/mol. The van der Waals surface area contributed by atoms with Gasteiger partial charge in [-0.3, -0.25) is 19.7 Å². The lowest BCUT2D eigenvalue weighted by Crippen LogP contribution is -2.50. The molecule has 90 valence electrons. The van der Waals surface area contributed by atoms with E-state index in [9.17, 15) is 14.4 Å². The molecule has 1 aliphatic heterocycles. The Bertz CT molecular complexity index is 316. The second kappa shape index (κ2) is 5.07. The summed E-state index contributed by atoms with van der Waals surface area (Å²) in [6, 6.07) is -1.41. The highest BCUT2D eigenvalue weighted by Crippen LogP contribution is 2.07. The number of nitrogens with two attached hydrogens (primary N) is 1. The van der Waals surface area contributed by atoms with Crippen LogP contribution in [0.4, 0.5) is 0 Å². The van der Waals surface area contributed by atoms with Crippen LogP contribution in [0.15, 0.2) is 0 Å². The standard InChI is InChI=1S/C10H17N3O3/c1-3-5(2)8(11)10(16)12-6-4-7(14)13-9(6)15/h5-6,8H,3-4,11H2,1-2H3,(H,12,16)(H,13,14,15)/t5?,6?,8-/m0/s1. The first-order chi connectivity index (χ1) is 7.45. The van der Waals surface area contributed by atoms with Crippen molar-refractivity contribution in [3.8, 4) is 0 Å². The molecule has 16 heavy (non-hydrogen) atoms. The van der Waals surface area contributed by atoms with E-state index in [1.807, 2.05) is 13.8 Å². The summed E-state index contributed by atoms with van der Waals surface area (Å²) in [6.07, 6.45) is 0.780. The maximum absolute atomic E-state index is 11.6. The highest BCUT2D eigenvalue weighted by Gasteiger charge is 2.33. The summed E-state index contributed by atoms with van der Waals surface area (Å²) < 4.78 is 0. The van der Waals surface area contributed by atoms with Crippen molar-refractivity contribution in [1.29, 1.82) is 0 Å². The molecular formula is C10H17N3O3. The van der Waals surface area contributed by atoms with Crippen LogP contribution in [-0.4, -0.2) is 29.8 Å². The van der Waals surface area contributed by atoms with Gasteiger partial charge in [-0.05, 0) is 5.92 Å². The van der Waals surface area contributed by atoms with Crippen LogP contribution in [0.2, 0.25) is 0 Å². The Balaban J connectivity index is 2.51. The summed E-state index contributed by atoms with van der Waals surface area (Å²) in [5, 5.41) is 4.60. The molecule has 6 nitrogen and oxygen atoms in total. The van der Waals surface area contributed by atoms with Crippen molar-refractivity contribution < 1.29 is 14.4 Å². The molecule has 0 radical (unpaired) electrons. The highest BCUT2D eigenvalue weighted by molar-refractivity contribution is 6.07. The minimum absolute atomic E-state index is 0.00218. The van der Waals surface area contributed by atoms with Crippen LogP contribution >= 0.6 is 0 Å². The normalized spacial score (nSPS) is 23.8. The molecule has 3 amide bonds. The predicted octanol–water partition coefficient (Wildman–Crippen LogP) is -1.11. The molecule has 1 heterocycles. The molecule has 0 aromatic rings. The molecule has 4 N–H and O–H groups in total. The van der Waals surface area contributed by atoms with Crippen LogP contribution in [0, 0.1) is 5.92 Å². The lowest BCUT2D eigenvalue weighted by Gasteiger charge is -2.19. The fourth-order valence-electron chi connectivity index (χ4n) is 1.45. The summed E-state index contributed by atoms with van der Waals surface area (Å²) in [5.41, 5.74) is 5.70. The van der Waals surface area contributed by atoms with Crippen molar-refractivity contribution in [2.75, 3.05) is 0 Å². The average Bonchev–Trinajstić information content (AvgIpc) is 2.55. The van der Waals surface area contributed by atoms with Gasteiger partial charge in [-0.25, -0.2) is 0 Å². The summed E-state index contributed by atoms with van der Waals surface area (Å²) in [6.45, 7) is 3.80. The topological polar surface area (TPSA) is 101 Å². The molecule has 6 heteroatoms. The third-order valence-electron chi connectivity index (χ3n) is 2.84. The Morgan fingerprint density at radius 3 is 2.69 bits per heavy atom. The minimum Gasteiger partial charge on any atom is -0.342 e. The predicted molar refractivity (Wildman–Crippen MR) is 57.1 cm³/mol. The average molecular weight is 227 g/mol. The number of imide groups is 1. The van der Waals surface area contributed by atoms with Gasteiger partial charge in [-0.2, -0.15) is 0 Å². The smallest absolute Gasteiger partial charge is 0.249 e. The van der Waals surface area contributed by atoms with Gasteiger partial charge in [0.15, 0.2) is 0 Å². The van der Waals surface area contributed by atoms with Crippen LogP contribution in [0.1, 0.15) is 26.7 Å². The van der Waals surface area contributed by atoms with E-state index in [2.05, 4.69) is 10.6 Å². The Kier molecular flexibility index (Phi) is 4.00. The summed E-state index contributed by atoms with van der Waals surface area (Å²) in [5.74, 6) is -1.17. The van der Waals surface area contributed by atoms with Gasteiger partial charge in [0.05, 0.1) is 12.5 Å². The molecule has 0 aromatic heterocycles. The maximum Gasteiger partial charge on any atom is 0.249 e. The third kappa shape index (κ3) is 2.79. The molecule has 0 aliphatic carbocycles. The van der Waals surface area contributed by atoms with Crippen LogP contribution in [-0.2, 0) is 14.4 Å². The number of nitrogens with one attached hydrogen (secondary N) is 2. The Hall–Kier alpha value is -1.43. The van der Waals surface area contributed by atoms with Gasteiger partial charge in [-0.15, -0.1) is 0 Å². The van der Waals surface area contributed by atoms with E-state index in [0.717, 1.165) is 6.42 Å². The number of hydrogen-bond acceptors (Lipinski definition) is 4. The fourth-order valence-corrected chi connectivity index (χ4v) is 1.45. The second-order valence-electron chi connectivity index (χ2n) is 4.09.